The van der Waals surface area contributed by atoms with E-state index in [0.717, 1.165) is 30.0 Å². The van der Waals surface area contributed by atoms with Crippen molar-refractivity contribution in [3.05, 3.63) is 35.4 Å². The van der Waals surface area contributed by atoms with Gasteiger partial charge in [-0.2, -0.15) is 0 Å². The predicted molar refractivity (Wildman–Crippen MR) is 81.2 cm³/mol. The van der Waals surface area contributed by atoms with Crippen molar-refractivity contribution in [2.24, 2.45) is 0 Å². The molecule has 0 aliphatic heterocycles. The molecule has 6 nitrogen and oxygen atoms in total. The number of aryl methyl sites for hydroxylation is 1. The molecule has 0 aromatic heterocycles. The van der Waals surface area contributed by atoms with E-state index in [1.165, 1.54) is 0 Å². The summed E-state index contributed by atoms with van der Waals surface area (Å²) in [6, 6.07) is 8.51. The van der Waals surface area contributed by atoms with Gasteiger partial charge in [0.15, 0.2) is 0 Å². The molecule has 21 heavy (non-hydrogen) atoms. The lowest BCUT2D eigenvalue weighted by Gasteiger charge is -2.24. The molecule has 0 fully saturated rings. The first-order chi connectivity index (χ1) is 10.1. The number of nitrogens with one attached hydrogen (secondary N) is 1. The SMILES string of the molecule is CO[Si](CCCc1ccccc1CNC(=O)O)(OC)OC. The molecule has 0 heterocycles. The van der Waals surface area contributed by atoms with E-state index in [4.69, 9.17) is 18.4 Å². The van der Waals surface area contributed by atoms with Crippen molar-refractivity contribution >= 4 is 14.9 Å². The number of amides is 1. The summed E-state index contributed by atoms with van der Waals surface area (Å²) in [7, 11) is 2.27. The molecule has 0 saturated carbocycles. The van der Waals surface area contributed by atoms with Crippen LogP contribution in [0.15, 0.2) is 24.3 Å². The van der Waals surface area contributed by atoms with Gasteiger partial charge in [-0.25, -0.2) is 4.79 Å². The van der Waals surface area contributed by atoms with Gasteiger partial charge in [-0.1, -0.05) is 24.3 Å². The zero-order chi connectivity index (χ0) is 15.7. The Morgan fingerprint density at radius 3 is 2.24 bits per heavy atom. The van der Waals surface area contributed by atoms with Gasteiger partial charge in [0.05, 0.1) is 0 Å². The lowest BCUT2D eigenvalue weighted by molar-refractivity contribution is 0.123. The number of rotatable bonds is 9. The predicted octanol–water partition coefficient (Wildman–Crippen LogP) is 2.26. The maximum absolute atomic E-state index is 10.6. The molecule has 1 aromatic rings. The number of hydrogen-bond donors (Lipinski definition) is 2. The van der Waals surface area contributed by atoms with Crippen molar-refractivity contribution in [1.82, 2.24) is 5.32 Å². The topological polar surface area (TPSA) is 77.0 Å². The fraction of sp³-hybridized carbons (Fsp3) is 0.500. The van der Waals surface area contributed by atoms with Gasteiger partial charge in [0, 0.05) is 33.9 Å². The first-order valence-corrected chi connectivity index (χ1v) is 8.69. The van der Waals surface area contributed by atoms with E-state index in [1.54, 1.807) is 21.3 Å². The van der Waals surface area contributed by atoms with E-state index in [1.807, 2.05) is 24.3 Å². The van der Waals surface area contributed by atoms with E-state index in [0.29, 0.717) is 6.54 Å². The Labute approximate surface area is 126 Å². The van der Waals surface area contributed by atoms with Crippen LogP contribution in [0.3, 0.4) is 0 Å². The molecule has 2 N–H and O–H groups in total. The van der Waals surface area contributed by atoms with Crippen LogP contribution >= 0.6 is 0 Å². The Morgan fingerprint density at radius 2 is 1.71 bits per heavy atom. The second kappa shape index (κ2) is 8.78. The Hall–Kier alpha value is -1.41. The van der Waals surface area contributed by atoms with Crippen LogP contribution in [0, 0.1) is 0 Å². The van der Waals surface area contributed by atoms with Crippen molar-refractivity contribution in [2.45, 2.75) is 25.4 Å². The Kier molecular flexibility index (Phi) is 7.38. The number of carbonyl (C=O) groups is 1. The van der Waals surface area contributed by atoms with Gasteiger partial charge < -0.3 is 23.7 Å². The van der Waals surface area contributed by atoms with Crippen LogP contribution in [-0.4, -0.2) is 41.3 Å². The van der Waals surface area contributed by atoms with E-state index in [-0.39, 0.29) is 0 Å². The van der Waals surface area contributed by atoms with Crippen LogP contribution in [0.5, 0.6) is 0 Å². The van der Waals surface area contributed by atoms with E-state index in [2.05, 4.69) is 5.32 Å². The fourth-order valence-corrected chi connectivity index (χ4v) is 3.92. The average molecular weight is 313 g/mol. The summed E-state index contributed by atoms with van der Waals surface area (Å²) in [6.07, 6.45) is 0.656. The summed E-state index contributed by atoms with van der Waals surface area (Å²) in [5.41, 5.74) is 2.11. The summed E-state index contributed by atoms with van der Waals surface area (Å²) in [6.45, 7) is 0.312. The van der Waals surface area contributed by atoms with Crippen LogP contribution < -0.4 is 5.32 Å². The highest BCUT2D eigenvalue weighted by Gasteiger charge is 2.36. The average Bonchev–Trinajstić information content (AvgIpc) is 2.51. The second-order valence-corrected chi connectivity index (χ2v) is 7.67. The maximum atomic E-state index is 10.6. The highest BCUT2D eigenvalue weighted by atomic mass is 28.4. The Morgan fingerprint density at radius 1 is 1.14 bits per heavy atom. The molecule has 0 bridgehead atoms. The van der Waals surface area contributed by atoms with Gasteiger partial charge in [0.1, 0.15) is 0 Å². The lowest BCUT2D eigenvalue weighted by Crippen LogP contribution is -2.42. The zero-order valence-corrected chi connectivity index (χ0v) is 13.7. The molecule has 118 valence electrons. The summed E-state index contributed by atoms with van der Waals surface area (Å²) >= 11 is 0. The van der Waals surface area contributed by atoms with Crippen LogP contribution in [-0.2, 0) is 26.2 Å². The molecule has 0 atom stereocenters. The maximum Gasteiger partial charge on any atom is 0.500 e. The quantitative estimate of drug-likeness (QED) is 0.684. The van der Waals surface area contributed by atoms with E-state index >= 15 is 0 Å². The number of carboxylic acid groups (broad SMARTS) is 1. The fourth-order valence-electron chi connectivity index (χ4n) is 2.20. The van der Waals surface area contributed by atoms with Crippen LogP contribution in [0.25, 0.3) is 0 Å². The lowest BCUT2D eigenvalue weighted by atomic mass is 10.0. The van der Waals surface area contributed by atoms with Gasteiger partial charge in [-0.15, -0.1) is 0 Å². The van der Waals surface area contributed by atoms with Crippen LogP contribution in [0.4, 0.5) is 4.79 Å². The van der Waals surface area contributed by atoms with Crippen molar-refractivity contribution in [2.75, 3.05) is 21.3 Å². The molecule has 0 saturated heterocycles. The second-order valence-electron chi connectivity index (χ2n) is 4.58. The highest BCUT2D eigenvalue weighted by molar-refractivity contribution is 6.60. The molecule has 0 aliphatic rings. The molecule has 1 rings (SSSR count). The van der Waals surface area contributed by atoms with E-state index in [9.17, 15) is 4.79 Å². The minimum Gasteiger partial charge on any atom is -0.465 e. The Bertz CT molecular complexity index is 442. The minimum atomic E-state index is -2.53. The molecular formula is C14H23NO5Si. The first-order valence-electron chi connectivity index (χ1n) is 6.76. The molecule has 0 aliphatic carbocycles. The highest BCUT2D eigenvalue weighted by Crippen LogP contribution is 2.19. The third-order valence-corrected chi connectivity index (χ3v) is 6.24. The van der Waals surface area contributed by atoms with E-state index < -0.39 is 14.9 Å². The molecule has 1 aromatic carbocycles. The summed E-state index contributed by atoms with van der Waals surface area (Å²) < 4.78 is 16.2. The first kappa shape index (κ1) is 17.6. The number of benzene rings is 1. The molecule has 0 spiro atoms. The van der Waals surface area contributed by atoms with Gasteiger partial charge in [0.25, 0.3) is 0 Å². The summed E-state index contributed by atoms with van der Waals surface area (Å²) in [5.74, 6) is 0. The van der Waals surface area contributed by atoms with Crippen LogP contribution in [0.1, 0.15) is 17.5 Å². The molecule has 1 amide bonds. The molecule has 7 heteroatoms. The third kappa shape index (κ3) is 5.47. The molecular weight excluding hydrogens is 290 g/mol. The van der Waals surface area contributed by atoms with Crippen molar-refractivity contribution in [1.29, 1.82) is 0 Å². The molecule has 0 radical (unpaired) electrons. The van der Waals surface area contributed by atoms with Gasteiger partial charge in [-0.3, -0.25) is 0 Å². The van der Waals surface area contributed by atoms with Gasteiger partial charge in [0.2, 0.25) is 0 Å². The third-order valence-electron chi connectivity index (χ3n) is 3.41. The smallest absolute Gasteiger partial charge is 0.465 e. The zero-order valence-electron chi connectivity index (χ0n) is 12.7. The number of hydrogen-bond acceptors (Lipinski definition) is 4. The standard InChI is InChI=1S/C14H23NO5Si/c1-18-21(19-2,20-3)10-6-9-12-7-4-5-8-13(12)11-15-14(16)17/h4-5,7-8,15H,6,9-11H2,1-3H3,(H,16,17). The summed E-state index contributed by atoms with van der Waals surface area (Å²) in [5, 5.41) is 11.1. The van der Waals surface area contributed by atoms with Crippen molar-refractivity contribution < 1.29 is 23.2 Å². The monoisotopic (exact) mass is 313 g/mol. The normalized spacial score (nSPS) is 11.4. The largest absolute Gasteiger partial charge is 0.500 e. The minimum absolute atomic E-state index is 0.312. The summed E-state index contributed by atoms with van der Waals surface area (Å²) in [4.78, 5) is 10.6. The Balaban J connectivity index is 2.60. The van der Waals surface area contributed by atoms with Crippen molar-refractivity contribution in [3.8, 4) is 0 Å². The van der Waals surface area contributed by atoms with Gasteiger partial charge in [-0.05, 0) is 24.0 Å². The van der Waals surface area contributed by atoms with Crippen molar-refractivity contribution in [3.63, 3.8) is 0 Å². The van der Waals surface area contributed by atoms with Gasteiger partial charge >= 0.3 is 14.9 Å². The molecule has 0 unspecified atom stereocenters. The van der Waals surface area contributed by atoms with Crippen LogP contribution in [0.2, 0.25) is 6.04 Å².